The van der Waals surface area contributed by atoms with Crippen LogP contribution >= 0.6 is 0 Å². The molecule has 1 amide bonds. The van der Waals surface area contributed by atoms with Gasteiger partial charge in [0, 0.05) is 24.7 Å². The van der Waals surface area contributed by atoms with E-state index in [-0.39, 0.29) is 11.8 Å². The number of benzene rings is 1. The number of hydrogen-bond acceptors (Lipinski definition) is 7. The number of para-hydroxylation sites is 1. The Morgan fingerprint density at radius 2 is 2.19 bits per heavy atom. The molecular formula is C18H17N5O3. The molecule has 0 saturated carbocycles. The summed E-state index contributed by atoms with van der Waals surface area (Å²) >= 11 is 0. The lowest BCUT2D eigenvalue weighted by molar-refractivity contribution is -0.119. The van der Waals surface area contributed by atoms with E-state index in [1.165, 1.54) is 0 Å². The van der Waals surface area contributed by atoms with E-state index in [2.05, 4.69) is 25.4 Å². The zero-order valence-electron chi connectivity index (χ0n) is 14.0. The van der Waals surface area contributed by atoms with Crippen LogP contribution in [0.3, 0.4) is 0 Å². The fraction of sp³-hybridized carbons (Fsp3) is 0.278. The van der Waals surface area contributed by atoms with Gasteiger partial charge in [-0.05, 0) is 18.1 Å². The molecule has 4 rings (SSSR count). The fourth-order valence-electron chi connectivity index (χ4n) is 2.78. The summed E-state index contributed by atoms with van der Waals surface area (Å²) in [5.41, 5.74) is 2.18. The second-order valence-corrected chi connectivity index (χ2v) is 5.99. The molecule has 8 heteroatoms. The molecule has 1 atom stereocenters. The molecule has 8 nitrogen and oxygen atoms in total. The number of carbonyl (C=O) groups excluding carboxylic acids is 1. The van der Waals surface area contributed by atoms with Gasteiger partial charge in [0.25, 0.3) is 0 Å². The Morgan fingerprint density at radius 3 is 3.00 bits per heavy atom. The van der Waals surface area contributed by atoms with Crippen LogP contribution in [0.25, 0.3) is 11.5 Å². The molecule has 0 spiro atoms. The second kappa shape index (κ2) is 7.40. The van der Waals surface area contributed by atoms with Gasteiger partial charge in [-0.3, -0.25) is 9.78 Å². The Balaban J connectivity index is 1.50. The zero-order chi connectivity index (χ0) is 17.8. The normalized spacial score (nSPS) is 16.5. The number of aromatic nitrogens is 4. The average molecular weight is 351 g/mol. The number of nitrogens with zero attached hydrogens (tertiary/aromatic N) is 4. The first-order valence-electron chi connectivity index (χ1n) is 8.35. The molecule has 26 heavy (non-hydrogen) atoms. The summed E-state index contributed by atoms with van der Waals surface area (Å²) in [6, 6.07) is 7.57. The molecule has 2 aromatic heterocycles. The summed E-state index contributed by atoms with van der Waals surface area (Å²) in [6.45, 7) is 1.10. The molecule has 0 radical (unpaired) electrons. The summed E-state index contributed by atoms with van der Waals surface area (Å²) in [5.74, 6) is 0.699. The first kappa shape index (κ1) is 16.3. The van der Waals surface area contributed by atoms with E-state index < -0.39 is 0 Å². The Kier molecular flexibility index (Phi) is 4.65. The monoisotopic (exact) mass is 351 g/mol. The molecule has 132 valence electrons. The van der Waals surface area contributed by atoms with Crippen LogP contribution in [0, 0.1) is 5.92 Å². The summed E-state index contributed by atoms with van der Waals surface area (Å²) in [7, 11) is 0. The molecule has 1 aliphatic heterocycles. The van der Waals surface area contributed by atoms with Crippen molar-refractivity contribution in [1.29, 1.82) is 0 Å². The van der Waals surface area contributed by atoms with Crippen LogP contribution in [0.15, 0.2) is 47.4 Å². The van der Waals surface area contributed by atoms with Crippen molar-refractivity contribution in [3.05, 3.63) is 54.3 Å². The van der Waals surface area contributed by atoms with Gasteiger partial charge in [0.05, 0.1) is 25.1 Å². The Morgan fingerprint density at radius 1 is 1.27 bits per heavy atom. The van der Waals surface area contributed by atoms with Crippen LogP contribution in [-0.2, 0) is 16.0 Å². The van der Waals surface area contributed by atoms with E-state index in [4.69, 9.17) is 9.26 Å². The van der Waals surface area contributed by atoms with Gasteiger partial charge >= 0.3 is 0 Å². The highest BCUT2D eigenvalue weighted by Gasteiger charge is 2.24. The minimum Gasteiger partial charge on any atom is -0.381 e. The molecule has 3 heterocycles. The van der Waals surface area contributed by atoms with Gasteiger partial charge in [-0.2, -0.15) is 4.98 Å². The number of ether oxygens (including phenoxy) is 1. The van der Waals surface area contributed by atoms with E-state index in [0.717, 1.165) is 17.7 Å². The molecule has 1 aliphatic rings. The van der Waals surface area contributed by atoms with Crippen molar-refractivity contribution in [2.24, 2.45) is 5.92 Å². The molecule has 0 unspecified atom stereocenters. The summed E-state index contributed by atoms with van der Waals surface area (Å²) < 4.78 is 10.6. The number of nitrogens with one attached hydrogen (secondary N) is 1. The number of carbonyl (C=O) groups is 1. The van der Waals surface area contributed by atoms with E-state index in [9.17, 15) is 4.79 Å². The van der Waals surface area contributed by atoms with Crippen LogP contribution in [0.1, 0.15) is 17.9 Å². The Hall–Kier alpha value is -3.13. The van der Waals surface area contributed by atoms with Crippen molar-refractivity contribution in [3.8, 4) is 11.5 Å². The summed E-state index contributed by atoms with van der Waals surface area (Å²) in [5, 5.41) is 6.92. The molecular weight excluding hydrogens is 334 g/mol. The number of hydrogen-bond donors (Lipinski definition) is 1. The van der Waals surface area contributed by atoms with Crippen molar-refractivity contribution in [2.75, 3.05) is 18.5 Å². The molecule has 1 fully saturated rings. The largest absolute Gasteiger partial charge is 0.381 e. The van der Waals surface area contributed by atoms with Crippen molar-refractivity contribution >= 4 is 11.6 Å². The van der Waals surface area contributed by atoms with Crippen LogP contribution < -0.4 is 5.32 Å². The SMILES string of the molecule is O=C(Nc1ccccc1Cc1nc(-c2cnccn2)no1)[C@@H]1CCOC1. The highest BCUT2D eigenvalue weighted by atomic mass is 16.5. The quantitative estimate of drug-likeness (QED) is 0.750. The molecule has 1 aromatic carbocycles. The predicted octanol–water partition coefficient (Wildman–Crippen LogP) is 2.09. The average Bonchev–Trinajstić information content (AvgIpc) is 3.36. The summed E-state index contributed by atoms with van der Waals surface area (Å²) in [6.07, 6.45) is 5.89. The topological polar surface area (TPSA) is 103 Å². The zero-order valence-corrected chi connectivity index (χ0v) is 14.0. The Bertz CT molecular complexity index is 891. The lowest BCUT2D eigenvalue weighted by atomic mass is 10.1. The Labute approximate surface area is 149 Å². The maximum atomic E-state index is 12.4. The smallest absolute Gasteiger partial charge is 0.231 e. The van der Waals surface area contributed by atoms with E-state index in [1.807, 2.05) is 24.3 Å². The third kappa shape index (κ3) is 3.60. The van der Waals surface area contributed by atoms with Gasteiger partial charge in [-0.15, -0.1) is 0 Å². The maximum Gasteiger partial charge on any atom is 0.231 e. The second-order valence-electron chi connectivity index (χ2n) is 5.99. The van der Waals surface area contributed by atoms with Crippen molar-refractivity contribution in [2.45, 2.75) is 12.8 Å². The third-order valence-corrected chi connectivity index (χ3v) is 4.18. The van der Waals surface area contributed by atoms with E-state index in [1.54, 1.807) is 18.6 Å². The van der Waals surface area contributed by atoms with E-state index in [0.29, 0.717) is 37.0 Å². The molecule has 0 bridgehead atoms. The highest BCUT2D eigenvalue weighted by Crippen LogP contribution is 2.22. The highest BCUT2D eigenvalue weighted by molar-refractivity contribution is 5.93. The van der Waals surface area contributed by atoms with Crippen LogP contribution in [0.4, 0.5) is 5.69 Å². The summed E-state index contributed by atoms with van der Waals surface area (Å²) in [4.78, 5) is 24.9. The van der Waals surface area contributed by atoms with Gasteiger partial charge in [0.2, 0.25) is 17.6 Å². The lowest BCUT2D eigenvalue weighted by Crippen LogP contribution is -2.23. The number of anilines is 1. The van der Waals surface area contributed by atoms with Gasteiger partial charge in [0.1, 0.15) is 5.69 Å². The van der Waals surface area contributed by atoms with Crippen molar-refractivity contribution in [1.82, 2.24) is 20.1 Å². The van der Waals surface area contributed by atoms with Crippen molar-refractivity contribution in [3.63, 3.8) is 0 Å². The van der Waals surface area contributed by atoms with Crippen LogP contribution in [0.5, 0.6) is 0 Å². The third-order valence-electron chi connectivity index (χ3n) is 4.18. The lowest BCUT2D eigenvalue weighted by Gasteiger charge is -2.12. The van der Waals surface area contributed by atoms with Crippen molar-refractivity contribution < 1.29 is 14.1 Å². The molecule has 1 N–H and O–H groups in total. The van der Waals surface area contributed by atoms with Gasteiger partial charge in [0.15, 0.2) is 0 Å². The van der Waals surface area contributed by atoms with E-state index >= 15 is 0 Å². The molecule has 0 aliphatic carbocycles. The molecule has 1 saturated heterocycles. The number of amides is 1. The minimum atomic E-state index is -0.102. The van der Waals surface area contributed by atoms with Crippen LogP contribution in [-0.4, -0.2) is 39.2 Å². The first-order chi connectivity index (χ1) is 12.8. The van der Waals surface area contributed by atoms with Gasteiger partial charge < -0.3 is 14.6 Å². The van der Waals surface area contributed by atoms with Crippen LogP contribution in [0.2, 0.25) is 0 Å². The molecule has 3 aromatic rings. The first-order valence-corrected chi connectivity index (χ1v) is 8.35. The maximum absolute atomic E-state index is 12.4. The minimum absolute atomic E-state index is 0.0271. The van der Waals surface area contributed by atoms with Gasteiger partial charge in [-0.25, -0.2) is 4.98 Å². The standard InChI is InChI=1S/C18H17N5O3/c24-18(13-5-8-25-11-13)21-14-4-2-1-3-12(14)9-16-22-17(23-26-16)15-10-19-6-7-20-15/h1-4,6-7,10,13H,5,8-9,11H2,(H,21,24)/t13-/m1/s1. The fourth-order valence-corrected chi connectivity index (χ4v) is 2.78. The van der Waals surface area contributed by atoms with Gasteiger partial charge in [-0.1, -0.05) is 23.4 Å². The number of rotatable bonds is 5. The predicted molar refractivity (Wildman–Crippen MR) is 92.1 cm³/mol.